The molecule has 8 nitrogen and oxygen atoms in total. The van der Waals surface area contributed by atoms with Crippen molar-refractivity contribution in [3.8, 4) is 5.75 Å². The van der Waals surface area contributed by atoms with Gasteiger partial charge in [-0.1, -0.05) is 37.6 Å². The van der Waals surface area contributed by atoms with Crippen molar-refractivity contribution in [3.05, 3.63) is 42.0 Å². The van der Waals surface area contributed by atoms with E-state index in [4.69, 9.17) is 4.74 Å². The number of hydrogen-bond acceptors (Lipinski definition) is 6. The van der Waals surface area contributed by atoms with Crippen LogP contribution >= 0.6 is 12.6 Å². The number of carbonyl (C=O) groups excluding carboxylic acids is 3. The molecule has 3 amide bonds. The van der Waals surface area contributed by atoms with E-state index in [-0.39, 0.29) is 23.6 Å². The van der Waals surface area contributed by atoms with Crippen LogP contribution < -0.4 is 10.6 Å². The first-order valence-corrected chi connectivity index (χ1v) is 11.7. The molecule has 0 saturated carbocycles. The Hall–Kier alpha value is -2.68. The number of phenolic OH excluding ortho intramolecular Hbond substituents is 1. The van der Waals surface area contributed by atoms with Crippen molar-refractivity contribution in [2.24, 2.45) is 0 Å². The van der Waals surface area contributed by atoms with Crippen molar-refractivity contribution in [1.82, 2.24) is 15.5 Å². The first kappa shape index (κ1) is 28.4. The zero-order valence-corrected chi connectivity index (χ0v) is 21.1. The molecule has 0 aromatic heterocycles. The Bertz CT molecular complexity index is 838. The summed E-state index contributed by atoms with van der Waals surface area (Å²) in [5.41, 5.74) is 0.112. The van der Waals surface area contributed by atoms with E-state index in [1.165, 1.54) is 11.0 Å². The van der Waals surface area contributed by atoms with Crippen LogP contribution in [-0.2, 0) is 14.3 Å². The number of nitrogens with zero attached hydrogens (tertiary/aromatic N) is 1. The van der Waals surface area contributed by atoms with E-state index in [2.05, 4.69) is 29.8 Å². The van der Waals surface area contributed by atoms with E-state index >= 15 is 0 Å². The Kier molecular flexibility index (Phi) is 11.3. The summed E-state index contributed by atoms with van der Waals surface area (Å²) >= 11 is 4.22. The van der Waals surface area contributed by atoms with Crippen LogP contribution in [0, 0.1) is 6.92 Å². The summed E-state index contributed by atoms with van der Waals surface area (Å²) in [5.74, 6) is -1.07. The molecule has 0 fully saturated rings. The lowest BCUT2D eigenvalue weighted by Crippen LogP contribution is -2.53. The van der Waals surface area contributed by atoms with Crippen molar-refractivity contribution in [1.29, 1.82) is 0 Å². The number of alkyl carbamates (subject to hydrolysis) is 1. The third-order valence-corrected chi connectivity index (χ3v) is 5.10. The summed E-state index contributed by atoms with van der Waals surface area (Å²) in [6.07, 6.45) is 2.38. The maximum Gasteiger partial charge on any atom is 0.408 e. The maximum atomic E-state index is 13.5. The van der Waals surface area contributed by atoms with Gasteiger partial charge in [0, 0.05) is 24.4 Å². The molecule has 3 N–H and O–H groups in total. The van der Waals surface area contributed by atoms with Crippen LogP contribution in [0.1, 0.15) is 57.7 Å². The number of amides is 3. The van der Waals surface area contributed by atoms with Crippen molar-refractivity contribution in [2.45, 2.75) is 65.1 Å². The van der Waals surface area contributed by atoms with E-state index in [1.807, 2.05) is 6.92 Å². The van der Waals surface area contributed by atoms with Gasteiger partial charge >= 0.3 is 6.09 Å². The molecule has 0 aliphatic heterocycles. The van der Waals surface area contributed by atoms with Gasteiger partial charge in [0.15, 0.2) is 0 Å². The SMILES string of the molecule is C=CCN(C(=O)C(CS)NC(=O)OC(C)(C)C)C(C(=O)NCCCC)c1cccc(C)c1O. The molecule has 0 bridgehead atoms. The normalized spacial score (nSPS) is 12.9. The number of aromatic hydroxyl groups is 1. The van der Waals surface area contributed by atoms with Gasteiger partial charge in [0.1, 0.15) is 23.4 Å². The lowest BCUT2D eigenvalue weighted by molar-refractivity contribution is -0.141. The zero-order valence-electron chi connectivity index (χ0n) is 20.2. The van der Waals surface area contributed by atoms with Gasteiger partial charge < -0.3 is 25.4 Å². The molecule has 9 heteroatoms. The molecule has 184 valence electrons. The molecule has 0 spiro atoms. The quantitative estimate of drug-likeness (QED) is 0.221. The van der Waals surface area contributed by atoms with E-state index in [9.17, 15) is 19.5 Å². The number of benzene rings is 1. The maximum absolute atomic E-state index is 13.5. The molecule has 0 aliphatic carbocycles. The average Bonchev–Trinajstić information content (AvgIpc) is 2.73. The largest absolute Gasteiger partial charge is 0.507 e. The minimum Gasteiger partial charge on any atom is -0.507 e. The van der Waals surface area contributed by atoms with Gasteiger partial charge in [-0.2, -0.15) is 12.6 Å². The van der Waals surface area contributed by atoms with Crippen molar-refractivity contribution >= 4 is 30.5 Å². The Morgan fingerprint density at radius 3 is 2.52 bits per heavy atom. The highest BCUT2D eigenvalue weighted by Gasteiger charge is 2.36. The first-order valence-electron chi connectivity index (χ1n) is 11.0. The summed E-state index contributed by atoms with van der Waals surface area (Å²) < 4.78 is 5.26. The summed E-state index contributed by atoms with van der Waals surface area (Å²) in [6, 6.07) is 2.84. The van der Waals surface area contributed by atoms with Crippen molar-refractivity contribution < 1.29 is 24.2 Å². The second kappa shape index (κ2) is 13.1. The van der Waals surface area contributed by atoms with Gasteiger partial charge in [-0.3, -0.25) is 9.59 Å². The molecule has 0 saturated heterocycles. The van der Waals surface area contributed by atoms with Gasteiger partial charge in [-0.25, -0.2) is 4.79 Å². The molecule has 1 aromatic rings. The fourth-order valence-corrected chi connectivity index (χ4v) is 3.38. The highest BCUT2D eigenvalue weighted by Crippen LogP contribution is 2.32. The topological polar surface area (TPSA) is 108 Å². The molecule has 2 unspecified atom stereocenters. The molecular formula is C24H37N3O5S. The number of para-hydroxylation sites is 1. The highest BCUT2D eigenvalue weighted by atomic mass is 32.1. The number of nitrogens with one attached hydrogen (secondary N) is 2. The number of carbonyl (C=O) groups is 3. The second-order valence-electron chi connectivity index (χ2n) is 8.72. The van der Waals surface area contributed by atoms with Crippen LogP contribution in [0.2, 0.25) is 0 Å². The van der Waals surface area contributed by atoms with Crippen LogP contribution in [0.4, 0.5) is 4.79 Å². The number of thiol groups is 1. The summed E-state index contributed by atoms with van der Waals surface area (Å²) in [7, 11) is 0. The molecule has 0 heterocycles. The lowest BCUT2D eigenvalue weighted by atomic mass is 9.99. The minimum atomic E-state index is -1.13. The second-order valence-corrected chi connectivity index (χ2v) is 9.09. The van der Waals surface area contributed by atoms with Crippen molar-refractivity contribution in [2.75, 3.05) is 18.8 Å². The van der Waals surface area contributed by atoms with Crippen LogP contribution in [0.5, 0.6) is 5.75 Å². The number of aryl methyl sites for hydroxylation is 1. The van der Waals surface area contributed by atoms with Crippen LogP contribution in [0.25, 0.3) is 0 Å². The number of ether oxygens (including phenoxy) is 1. The number of rotatable bonds is 11. The summed E-state index contributed by atoms with van der Waals surface area (Å²) in [5, 5.41) is 16.1. The van der Waals surface area contributed by atoms with E-state index < -0.39 is 35.6 Å². The lowest BCUT2D eigenvalue weighted by Gasteiger charge is -2.34. The summed E-state index contributed by atoms with van der Waals surface area (Å²) in [4.78, 5) is 40.3. The van der Waals surface area contributed by atoms with Gasteiger partial charge in [0.2, 0.25) is 11.8 Å². The summed E-state index contributed by atoms with van der Waals surface area (Å²) in [6.45, 7) is 13.0. The fraction of sp³-hybridized carbons (Fsp3) is 0.542. The molecule has 0 aliphatic rings. The predicted octanol–water partition coefficient (Wildman–Crippen LogP) is 3.50. The minimum absolute atomic E-state index is 0.0123. The van der Waals surface area contributed by atoms with E-state index in [0.29, 0.717) is 12.1 Å². The van der Waals surface area contributed by atoms with Gasteiger partial charge in [0.25, 0.3) is 0 Å². The van der Waals surface area contributed by atoms with Crippen LogP contribution in [0.15, 0.2) is 30.9 Å². The average molecular weight is 480 g/mol. The number of hydrogen-bond donors (Lipinski definition) is 4. The highest BCUT2D eigenvalue weighted by molar-refractivity contribution is 7.80. The monoisotopic (exact) mass is 479 g/mol. The predicted molar refractivity (Wildman–Crippen MR) is 132 cm³/mol. The third kappa shape index (κ3) is 8.64. The molecule has 0 radical (unpaired) electrons. The molecular weight excluding hydrogens is 442 g/mol. The van der Waals surface area contributed by atoms with Gasteiger partial charge in [0.05, 0.1) is 0 Å². The van der Waals surface area contributed by atoms with E-state index in [0.717, 1.165) is 12.8 Å². The molecule has 33 heavy (non-hydrogen) atoms. The van der Waals surface area contributed by atoms with Crippen LogP contribution in [-0.4, -0.2) is 58.4 Å². The van der Waals surface area contributed by atoms with Gasteiger partial charge in [-0.15, -0.1) is 6.58 Å². The number of phenols is 1. The Morgan fingerprint density at radius 1 is 1.30 bits per heavy atom. The number of unbranched alkanes of at least 4 members (excludes halogenated alkanes) is 1. The zero-order chi connectivity index (χ0) is 25.2. The van der Waals surface area contributed by atoms with Gasteiger partial charge in [-0.05, 0) is 39.7 Å². The third-order valence-electron chi connectivity index (χ3n) is 4.73. The van der Waals surface area contributed by atoms with E-state index in [1.54, 1.807) is 45.9 Å². The smallest absolute Gasteiger partial charge is 0.408 e. The molecule has 1 aromatic carbocycles. The molecule has 2 atom stereocenters. The fourth-order valence-electron chi connectivity index (χ4n) is 3.14. The Balaban J connectivity index is 3.37. The standard InChI is InChI=1S/C24H37N3O5S/c1-7-9-13-25-21(29)19(17-12-10-11-16(3)20(17)28)27(14-8-2)22(30)18(15-33)26-23(31)32-24(4,5)6/h8,10-12,18-19,28,33H,2,7,9,13-15H2,1,3-6H3,(H,25,29)(H,26,31). The Morgan fingerprint density at radius 2 is 1.97 bits per heavy atom. The Labute approximate surface area is 202 Å². The first-order chi connectivity index (χ1) is 15.5. The van der Waals surface area contributed by atoms with Crippen LogP contribution in [0.3, 0.4) is 0 Å². The molecule has 1 rings (SSSR count). The van der Waals surface area contributed by atoms with Crippen molar-refractivity contribution in [3.63, 3.8) is 0 Å².